The van der Waals surface area contributed by atoms with Crippen molar-refractivity contribution in [2.45, 2.75) is 53.4 Å². The maximum atomic E-state index is 12.0. The van der Waals surface area contributed by atoms with E-state index in [4.69, 9.17) is 11.6 Å². The fourth-order valence-electron chi connectivity index (χ4n) is 3.30. The summed E-state index contributed by atoms with van der Waals surface area (Å²) in [5, 5.41) is 4.65. The summed E-state index contributed by atoms with van der Waals surface area (Å²) in [7, 11) is 0. The number of hydrazone groups is 1. The molecule has 0 aliphatic heterocycles. The van der Waals surface area contributed by atoms with Crippen molar-refractivity contribution < 1.29 is 4.79 Å². The van der Waals surface area contributed by atoms with E-state index in [1.165, 1.54) is 30.4 Å². The van der Waals surface area contributed by atoms with Crippen molar-refractivity contribution >= 4 is 23.7 Å². The third-order valence-corrected chi connectivity index (χ3v) is 5.11. The predicted octanol–water partition coefficient (Wildman–Crippen LogP) is 5.92. The number of rotatable bonds is 5. The van der Waals surface area contributed by atoms with Crippen LogP contribution in [-0.2, 0) is 0 Å². The Morgan fingerprint density at radius 1 is 1.32 bits per heavy atom. The molecule has 1 aliphatic carbocycles. The number of halogens is 1. The zero-order valence-corrected chi connectivity index (χ0v) is 16.3. The van der Waals surface area contributed by atoms with Crippen molar-refractivity contribution in [1.29, 1.82) is 0 Å². The first-order chi connectivity index (χ1) is 11.8. The van der Waals surface area contributed by atoms with Crippen LogP contribution in [0.3, 0.4) is 0 Å². The molecule has 1 aliphatic rings. The standard InChI is InChI=1S/C21H27ClN2O/c1-15(7-12-19-16(2)6-5-13-21(19,3)4)14-23-24-20(25)17-8-10-18(22)11-9-17/h7-11,14H,5-6,12-13H2,1-4H3,(H,24,25)/b15-7-,23-14-. The van der Waals surface area contributed by atoms with Gasteiger partial charge in [-0.05, 0) is 74.8 Å². The van der Waals surface area contributed by atoms with Crippen LogP contribution in [0.2, 0.25) is 5.02 Å². The first-order valence-corrected chi connectivity index (χ1v) is 9.12. The van der Waals surface area contributed by atoms with E-state index in [0.717, 1.165) is 12.0 Å². The van der Waals surface area contributed by atoms with Crippen LogP contribution in [-0.4, -0.2) is 12.1 Å². The number of carbonyl (C=O) groups excluding carboxylic acids is 1. The summed E-state index contributed by atoms with van der Waals surface area (Å²) in [5.74, 6) is -0.243. The molecule has 0 bridgehead atoms. The molecule has 0 spiro atoms. The van der Waals surface area contributed by atoms with Crippen molar-refractivity contribution in [2.75, 3.05) is 0 Å². The molecule has 1 amide bonds. The molecule has 4 heteroatoms. The average molecular weight is 359 g/mol. The van der Waals surface area contributed by atoms with E-state index in [0.29, 0.717) is 10.6 Å². The lowest BCUT2D eigenvalue weighted by molar-refractivity contribution is 0.0955. The van der Waals surface area contributed by atoms with E-state index in [1.54, 1.807) is 30.5 Å². The van der Waals surface area contributed by atoms with Gasteiger partial charge < -0.3 is 0 Å². The topological polar surface area (TPSA) is 41.5 Å². The van der Waals surface area contributed by atoms with Gasteiger partial charge in [-0.15, -0.1) is 0 Å². The molecule has 0 aromatic heterocycles. The van der Waals surface area contributed by atoms with Gasteiger partial charge in [0.15, 0.2) is 0 Å². The Hall–Kier alpha value is -1.87. The zero-order valence-electron chi connectivity index (χ0n) is 15.5. The molecule has 1 aromatic carbocycles. The minimum atomic E-state index is -0.243. The van der Waals surface area contributed by atoms with E-state index in [1.807, 2.05) is 6.92 Å². The summed E-state index contributed by atoms with van der Waals surface area (Å²) in [5.41, 5.74) is 7.46. The lowest BCUT2D eigenvalue weighted by atomic mass is 9.71. The van der Waals surface area contributed by atoms with Gasteiger partial charge in [-0.2, -0.15) is 5.10 Å². The Bertz CT molecular complexity index is 712. The highest BCUT2D eigenvalue weighted by Gasteiger charge is 2.27. The molecular weight excluding hydrogens is 332 g/mol. The summed E-state index contributed by atoms with van der Waals surface area (Å²) >= 11 is 5.82. The molecule has 1 N–H and O–H groups in total. The van der Waals surface area contributed by atoms with Crippen LogP contribution in [0.1, 0.15) is 63.7 Å². The van der Waals surface area contributed by atoms with Crippen LogP contribution in [0.4, 0.5) is 0 Å². The minimum Gasteiger partial charge on any atom is -0.267 e. The van der Waals surface area contributed by atoms with Gasteiger partial charge in [0.2, 0.25) is 0 Å². The highest BCUT2D eigenvalue weighted by atomic mass is 35.5. The number of carbonyl (C=O) groups is 1. The quantitative estimate of drug-likeness (QED) is 0.396. The molecule has 25 heavy (non-hydrogen) atoms. The lowest BCUT2D eigenvalue weighted by Gasteiger charge is -2.34. The largest absolute Gasteiger partial charge is 0.271 e. The Labute approximate surface area is 155 Å². The predicted molar refractivity (Wildman–Crippen MR) is 106 cm³/mol. The van der Waals surface area contributed by atoms with Crippen LogP contribution in [0.15, 0.2) is 52.2 Å². The van der Waals surface area contributed by atoms with E-state index in [9.17, 15) is 4.79 Å². The molecule has 0 saturated heterocycles. The summed E-state index contributed by atoms with van der Waals surface area (Å²) in [6, 6.07) is 6.73. The molecule has 0 atom stereocenters. The van der Waals surface area contributed by atoms with Crippen LogP contribution < -0.4 is 5.43 Å². The SMILES string of the molecule is CC1=C(C/C=C(C)\C=N/NC(=O)c2ccc(Cl)cc2)C(C)(C)CCC1. The molecule has 0 radical (unpaired) electrons. The van der Waals surface area contributed by atoms with Crippen molar-refractivity contribution in [3.05, 3.63) is 57.6 Å². The number of hydrogen-bond donors (Lipinski definition) is 1. The molecule has 134 valence electrons. The molecular formula is C21H27ClN2O. The average Bonchev–Trinajstić information content (AvgIpc) is 2.54. The fraction of sp³-hybridized carbons (Fsp3) is 0.429. The molecule has 0 saturated carbocycles. The molecule has 3 nitrogen and oxygen atoms in total. The second-order valence-corrected chi connectivity index (χ2v) is 7.79. The Morgan fingerprint density at radius 2 is 2.00 bits per heavy atom. The smallest absolute Gasteiger partial charge is 0.267 e. The first-order valence-electron chi connectivity index (χ1n) is 8.74. The second kappa shape index (κ2) is 8.48. The summed E-state index contributed by atoms with van der Waals surface area (Å²) in [4.78, 5) is 12.0. The van der Waals surface area contributed by atoms with Crippen LogP contribution in [0, 0.1) is 5.41 Å². The Morgan fingerprint density at radius 3 is 2.64 bits per heavy atom. The van der Waals surface area contributed by atoms with Gasteiger partial charge in [-0.3, -0.25) is 4.79 Å². The van der Waals surface area contributed by atoms with Gasteiger partial charge in [0, 0.05) is 16.8 Å². The van der Waals surface area contributed by atoms with E-state index < -0.39 is 0 Å². The number of amides is 1. The van der Waals surface area contributed by atoms with E-state index in [2.05, 4.69) is 37.4 Å². The van der Waals surface area contributed by atoms with Crippen molar-refractivity contribution in [3.8, 4) is 0 Å². The van der Waals surface area contributed by atoms with Gasteiger partial charge in [0.05, 0.1) is 0 Å². The minimum absolute atomic E-state index is 0.243. The second-order valence-electron chi connectivity index (χ2n) is 7.35. The molecule has 1 aromatic rings. The number of benzene rings is 1. The summed E-state index contributed by atoms with van der Waals surface area (Å²) < 4.78 is 0. The molecule has 0 heterocycles. The maximum absolute atomic E-state index is 12.0. The highest BCUT2D eigenvalue weighted by molar-refractivity contribution is 6.30. The normalized spacial score (nSPS) is 17.9. The zero-order chi connectivity index (χ0) is 18.4. The fourth-order valence-corrected chi connectivity index (χ4v) is 3.43. The first kappa shape index (κ1) is 19.5. The van der Waals surface area contributed by atoms with Crippen molar-refractivity contribution in [2.24, 2.45) is 10.5 Å². The Balaban J connectivity index is 1.93. The van der Waals surface area contributed by atoms with E-state index >= 15 is 0 Å². The third-order valence-electron chi connectivity index (χ3n) is 4.85. The van der Waals surface area contributed by atoms with Crippen molar-refractivity contribution in [3.63, 3.8) is 0 Å². The maximum Gasteiger partial charge on any atom is 0.271 e. The lowest BCUT2D eigenvalue weighted by Crippen LogP contribution is -2.20. The van der Waals surface area contributed by atoms with Crippen LogP contribution >= 0.6 is 11.6 Å². The van der Waals surface area contributed by atoms with Crippen LogP contribution in [0.5, 0.6) is 0 Å². The molecule has 0 unspecified atom stereocenters. The summed E-state index contributed by atoms with van der Waals surface area (Å²) in [6.07, 6.45) is 8.56. The highest BCUT2D eigenvalue weighted by Crippen LogP contribution is 2.41. The van der Waals surface area contributed by atoms with Gasteiger partial charge in [-0.1, -0.05) is 42.7 Å². The molecule has 0 fully saturated rings. The summed E-state index contributed by atoms with van der Waals surface area (Å²) in [6.45, 7) is 8.91. The van der Waals surface area contributed by atoms with Gasteiger partial charge in [0.1, 0.15) is 0 Å². The van der Waals surface area contributed by atoms with Gasteiger partial charge in [0.25, 0.3) is 5.91 Å². The number of hydrogen-bond acceptors (Lipinski definition) is 2. The third kappa shape index (κ3) is 5.57. The number of nitrogens with one attached hydrogen (secondary N) is 1. The van der Waals surface area contributed by atoms with Gasteiger partial charge in [-0.25, -0.2) is 5.43 Å². The number of allylic oxidation sites excluding steroid dienone is 4. The molecule has 2 rings (SSSR count). The number of nitrogens with zero attached hydrogens (tertiary/aromatic N) is 1. The Kier molecular flexibility index (Phi) is 6.60. The van der Waals surface area contributed by atoms with E-state index in [-0.39, 0.29) is 11.3 Å². The van der Waals surface area contributed by atoms with Crippen molar-refractivity contribution in [1.82, 2.24) is 5.43 Å². The van der Waals surface area contributed by atoms with Crippen LogP contribution in [0.25, 0.3) is 0 Å². The monoisotopic (exact) mass is 358 g/mol. The van der Waals surface area contributed by atoms with Gasteiger partial charge >= 0.3 is 0 Å².